The van der Waals surface area contributed by atoms with Gasteiger partial charge >= 0.3 is 0 Å². The van der Waals surface area contributed by atoms with Crippen LogP contribution >= 0.6 is 0 Å². The lowest BCUT2D eigenvalue weighted by Gasteiger charge is -2.13. The van der Waals surface area contributed by atoms with E-state index in [1.54, 1.807) is 0 Å². The van der Waals surface area contributed by atoms with Crippen LogP contribution in [0.5, 0.6) is 0 Å². The van der Waals surface area contributed by atoms with E-state index in [9.17, 15) is 0 Å². The van der Waals surface area contributed by atoms with Crippen LogP contribution in [0.3, 0.4) is 0 Å². The molecule has 4 nitrogen and oxygen atoms in total. The first-order chi connectivity index (χ1) is 9.85. The van der Waals surface area contributed by atoms with Gasteiger partial charge in [-0.2, -0.15) is 0 Å². The van der Waals surface area contributed by atoms with Crippen LogP contribution in [0.15, 0.2) is 24.3 Å². The summed E-state index contributed by atoms with van der Waals surface area (Å²) < 4.78 is 0. The van der Waals surface area contributed by atoms with E-state index in [4.69, 9.17) is 0 Å². The molecule has 2 N–H and O–H groups in total. The third kappa shape index (κ3) is 3.83. The molecule has 0 aliphatic carbocycles. The zero-order valence-corrected chi connectivity index (χ0v) is 12.4. The molecule has 0 aliphatic heterocycles. The molecule has 0 amide bonds. The molecule has 0 atom stereocenters. The Hall–Kier alpha value is -1.84. The minimum Gasteiger partial charge on any atom is -0.367 e. The summed E-state index contributed by atoms with van der Waals surface area (Å²) >= 11 is 0. The molecule has 0 bridgehead atoms. The molecule has 0 spiro atoms. The van der Waals surface area contributed by atoms with E-state index in [1.165, 1.54) is 12.8 Å². The van der Waals surface area contributed by atoms with E-state index in [2.05, 4.69) is 34.4 Å². The van der Waals surface area contributed by atoms with Crippen molar-refractivity contribution in [2.75, 3.05) is 23.7 Å². The summed E-state index contributed by atoms with van der Waals surface area (Å²) in [6.45, 7) is 6.25. The van der Waals surface area contributed by atoms with Gasteiger partial charge in [-0.25, -0.2) is 9.97 Å². The highest BCUT2D eigenvalue weighted by molar-refractivity contribution is 5.80. The Morgan fingerprint density at radius 1 is 0.800 bits per heavy atom. The highest BCUT2D eigenvalue weighted by Gasteiger charge is 2.07. The van der Waals surface area contributed by atoms with Crippen LogP contribution in [0.1, 0.15) is 39.5 Å². The highest BCUT2D eigenvalue weighted by atomic mass is 15.1. The molecule has 0 aliphatic rings. The predicted octanol–water partition coefficient (Wildman–Crippen LogP) is 4.05. The van der Waals surface area contributed by atoms with E-state index in [0.29, 0.717) is 0 Å². The summed E-state index contributed by atoms with van der Waals surface area (Å²) in [7, 11) is 0. The van der Waals surface area contributed by atoms with E-state index in [0.717, 1.165) is 48.6 Å². The van der Waals surface area contributed by atoms with Crippen LogP contribution in [0.25, 0.3) is 11.0 Å². The minimum absolute atomic E-state index is 0.869. The fourth-order valence-corrected chi connectivity index (χ4v) is 2.01. The van der Waals surface area contributed by atoms with Crippen LogP contribution in [0, 0.1) is 0 Å². The average molecular weight is 272 g/mol. The third-order valence-corrected chi connectivity index (χ3v) is 3.22. The van der Waals surface area contributed by atoms with Gasteiger partial charge in [0.25, 0.3) is 0 Å². The Balaban J connectivity index is 2.21. The minimum atomic E-state index is 0.869. The van der Waals surface area contributed by atoms with Crippen LogP contribution in [-0.4, -0.2) is 23.1 Å². The van der Waals surface area contributed by atoms with E-state index in [-0.39, 0.29) is 0 Å². The van der Waals surface area contributed by atoms with Crippen molar-refractivity contribution in [1.29, 1.82) is 0 Å². The van der Waals surface area contributed by atoms with Gasteiger partial charge in [0, 0.05) is 13.1 Å². The van der Waals surface area contributed by atoms with Gasteiger partial charge in [-0.05, 0) is 25.0 Å². The molecule has 0 saturated carbocycles. The smallest absolute Gasteiger partial charge is 0.169 e. The molecule has 2 rings (SSSR count). The molecule has 1 heterocycles. The summed E-state index contributed by atoms with van der Waals surface area (Å²) in [4.78, 5) is 9.38. The van der Waals surface area contributed by atoms with Gasteiger partial charge in [-0.1, -0.05) is 38.8 Å². The van der Waals surface area contributed by atoms with Crippen LogP contribution < -0.4 is 10.6 Å². The second-order valence-corrected chi connectivity index (χ2v) is 4.97. The summed E-state index contributed by atoms with van der Waals surface area (Å²) in [6, 6.07) is 8.00. The molecule has 20 heavy (non-hydrogen) atoms. The van der Waals surface area contributed by atoms with Gasteiger partial charge in [-0.3, -0.25) is 0 Å². The van der Waals surface area contributed by atoms with Crippen molar-refractivity contribution in [2.45, 2.75) is 39.5 Å². The number of benzene rings is 1. The second kappa shape index (κ2) is 7.68. The van der Waals surface area contributed by atoms with Crippen molar-refractivity contribution < 1.29 is 0 Å². The zero-order chi connectivity index (χ0) is 14.2. The van der Waals surface area contributed by atoms with Crippen LogP contribution in [0.4, 0.5) is 11.6 Å². The van der Waals surface area contributed by atoms with Crippen molar-refractivity contribution in [3.63, 3.8) is 0 Å². The van der Waals surface area contributed by atoms with Gasteiger partial charge in [0.05, 0.1) is 11.0 Å². The van der Waals surface area contributed by atoms with Crippen LogP contribution in [0.2, 0.25) is 0 Å². The summed E-state index contributed by atoms with van der Waals surface area (Å²) in [5.41, 5.74) is 1.88. The molecule has 1 aromatic carbocycles. The first-order valence-corrected chi connectivity index (χ1v) is 7.59. The Morgan fingerprint density at radius 3 is 1.65 bits per heavy atom. The Morgan fingerprint density at radius 2 is 1.25 bits per heavy atom. The summed E-state index contributed by atoms with van der Waals surface area (Å²) in [5.74, 6) is 1.74. The SMILES string of the molecule is CCCCNc1nc2ccccc2nc1NCCCC. The lowest BCUT2D eigenvalue weighted by atomic mass is 10.3. The molecule has 0 saturated heterocycles. The average Bonchev–Trinajstić information content (AvgIpc) is 2.48. The largest absolute Gasteiger partial charge is 0.367 e. The van der Waals surface area contributed by atoms with Gasteiger partial charge in [0.15, 0.2) is 11.6 Å². The quantitative estimate of drug-likeness (QED) is 0.712. The number of nitrogens with zero attached hydrogens (tertiary/aromatic N) is 2. The van der Waals surface area contributed by atoms with E-state index < -0.39 is 0 Å². The van der Waals surface area contributed by atoms with E-state index in [1.807, 2.05) is 24.3 Å². The van der Waals surface area contributed by atoms with Gasteiger partial charge in [-0.15, -0.1) is 0 Å². The number of unbranched alkanes of at least 4 members (excludes halogenated alkanes) is 2. The monoisotopic (exact) mass is 272 g/mol. The fourth-order valence-electron chi connectivity index (χ4n) is 2.01. The maximum absolute atomic E-state index is 4.69. The molecule has 1 aromatic heterocycles. The van der Waals surface area contributed by atoms with Crippen molar-refractivity contribution in [2.24, 2.45) is 0 Å². The number of para-hydroxylation sites is 2. The van der Waals surface area contributed by atoms with Crippen molar-refractivity contribution >= 4 is 22.7 Å². The van der Waals surface area contributed by atoms with Crippen molar-refractivity contribution in [3.05, 3.63) is 24.3 Å². The van der Waals surface area contributed by atoms with Crippen LogP contribution in [-0.2, 0) is 0 Å². The van der Waals surface area contributed by atoms with Crippen molar-refractivity contribution in [1.82, 2.24) is 9.97 Å². The topological polar surface area (TPSA) is 49.8 Å². The van der Waals surface area contributed by atoms with E-state index >= 15 is 0 Å². The third-order valence-electron chi connectivity index (χ3n) is 3.22. The number of nitrogens with one attached hydrogen (secondary N) is 2. The second-order valence-electron chi connectivity index (χ2n) is 4.97. The lowest BCUT2D eigenvalue weighted by Crippen LogP contribution is -2.10. The normalized spacial score (nSPS) is 10.7. The Labute approximate surface area is 121 Å². The van der Waals surface area contributed by atoms with Gasteiger partial charge < -0.3 is 10.6 Å². The maximum atomic E-state index is 4.69. The number of hydrogen-bond donors (Lipinski definition) is 2. The highest BCUT2D eigenvalue weighted by Crippen LogP contribution is 2.21. The predicted molar refractivity (Wildman–Crippen MR) is 86.3 cm³/mol. The number of aromatic nitrogens is 2. The zero-order valence-electron chi connectivity index (χ0n) is 12.4. The molecule has 108 valence electrons. The molecule has 0 unspecified atom stereocenters. The Bertz CT molecular complexity index is 490. The number of anilines is 2. The number of fused-ring (bicyclic) bond motifs is 1. The molecule has 0 radical (unpaired) electrons. The number of rotatable bonds is 8. The maximum Gasteiger partial charge on any atom is 0.169 e. The first-order valence-electron chi connectivity index (χ1n) is 7.59. The number of hydrogen-bond acceptors (Lipinski definition) is 4. The standard InChI is InChI=1S/C16H24N4/c1-3-5-11-17-15-16(18-12-6-4-2)20-14-10-8-7-9-13(14)19-15/h7-10H,3-6,11-12H2,1-2H3,(H,17,19)(H,18,20). The van der Waals surface area contributed by atoms with Gasteiger partial charge in [0.2, 0.25) is 0 Å². The lowest BCUT2D eigenvalue weighted by molar-refractivity contribution is 0.823. The molecular formula is C16H24N4. The summed E-state index contributed by atoms with van der Waals surface area (Å²) in [5, 5.41) is 6.79. The first kappa shape index (κ1) is 14.6. The van der Waals surface area contributed by atoms with Crippen molar-refractivity contribution in [3.8, 4) is 0 Å². The molecule has 2 aromatic rings. The Kier molecular flexibility index (Phi) is 5.59. The molecule has 0 fully saturated rings. The molecular weight excluding hydrogens is 248 g/mol. The molecule has 4 heteroatoms. The van der Waals surface area contributed by atoms with Gasteiger partial charge in [0.1, 0.15) is 0 Å². The summed E-state index contributed by atoms with van der Waals surface area (Å²) in [6.07, 6.45) is 4.63. The fraction of sp³-hybridized carbons (Fsp3) is 0.500.